The molecule has 0 saturated carbocycles. The zero-order chi connectivity index (χ0) is 36.5. The van der Waals surface area contributed by atoms with Crippen LogP contribution in [-0.4, -0.2) is 112 Å². The van der Waals surface area contributed by atoms with E-state index >= 15 is 0 Å². The fourth-order valence-electron chi connectivity index (χ4n) is 5.78. The molecule has 1 aromatic carbocycles. The van der Waals surface area contributed by atoms with E-state index in [-0.39, 0.29) is 24.1 Å². The van der Waals surface area contributed by atoms with Crippen LogP contribution < -0.4 is 21.3 Å². The van der Waals surface area contributed by atoms with Gasteiger partial charge in [-0.3, -0.25) is 33.6 Å². The minimum Gasteiger partial charge on any atom is -0.347 e. The Hall–Kier alpha value is -3.59. The highest BCUT2D eigenvalue weighted by molar-refractivity contribution is 8.18. The molecule has 270 valence electrons. The molecule has 0 aromatic heterocycles. The first-order chi connectivity index (χ1) is 23.0. The molecule has 15 heteroatoms. The van der Waals surface area contributed by atoms with Gasteiger partial charge in [0.2, 0.25) is 35.3 Å². The molecule has 4 N–H and O–H groups in total. The van der Waals surface area contributed by atoms with Gasteiger partial charge in [-0.05, 0) is 35.3 Å². The number of amides is 6. The average molecular weight is 719 g/mol. The molecule has 1 aromatic rings. The second-order valence-electron chi connectivity index (χ2n) is 13.7. The second-order valence-corrected chi connectivity index (χ2v) is 16.9. The van der Waals surface area contributed by atoms with Gasteiger partial charge in [0.25, 0.3) is 5.91 Å². The van der Waals surface area contributed by atoms with E-state index in [2.05, 4.69) is 21.3 Å². The maximum absolute atomic E-state index is 14.0. The first kappa shape index (κ1) is 39.8. The largest absolute Gasteiger partial charge is 0.347 e. The number of nitrogens with zero attached hydrogens (tertiary/aromatic N) is 2. The molecule has 13 nitrogen and oxygen atoms in total. The van der Waals surface area contributed by atoms with Crippen LogP contribution in [0.5, 0.6) is 0 Å². The number of thioether (sulfide) groups is 2. The quantitative estimate of drug-likeness (QED) is 0.221. The van der Waals surface area contributed by atoms with E-state index in [0.29, 0.717) is 24.9 Å². The number of rotatable bonds is 13. The third-order valence-electron chi connectivity index (χ3n) is 8.33. The summed E-state index contributed by atoms with van der Waals surface area (Å²) in [6, 6.07) is 4.66. The van der Waals surface area contributed by atoms with Crippen molar-refractivity contribution in [2.24, 2.45) is 5.41 Å². The minimum absolute atomic E-state index is 0.156. The predicted molar refractivity (Wildman–Crippen MR) is 190 cm³/mol. The van der Waals surface area contributed by atoms with Gasteiger partial charge in [0.1, 0.15) is 18.1 Å². The fourth-order valence-corrected chi connectivity index (χ4v) is 9.13. The lowest BCUT2D eigenvalue weighted by molar-refractivity contribution is -0.145. The molecule has 2 aliphatic rings. The molecule has 0 aliphatic carbocycles. The topological polar surface area (TPSA) is 174 Å². The van der Waals surface area contributed by atoms with Crippen LogP contribution in [0.15, 0.2) is 30.3 Å². The Morgan fingerprint density at radius 3 is 2.16 bits per heavy atom. The maximum Gasteiger partial charge on any atom is 0.290 e. The van der Waals surface area contributed by atoms with Gasteiger partial charge in [-0.15, -0.1) is 23.5 Å². The smallest absolute Gasteiger partial charge is 0.290 e. The van der Waals surface area contributed by atoms with Crippen molar-refractivity contribution in [1.82, 2.24) is 31.1 Å². The van der Waals surface area contributed by atoms with E-state index in [1.807, 2.05) is 20.8 Å². The standard InChI is InChI=1S/C34H50N6O7S2/c1-8-13-23(27(43)30(45)35-19-25(42)38-26(31(46)39(6)7)22-14-10-9-11-15-22)37-29(44)24-18-34(48-16-12-17-49-34)20-40(24)32(47)28(33(3,4)5)36-21(2)41/h9-11,14-15,23-24,26,28H,8,12-13,16-20H2,1-7H3,(H,35,45)(H,36,41)(H,37,44)(H,38,42)/t23?,24-,26?,28?/m0/s1. The molecule has 0 radical (unpaired) electrons. The Morgan fingerprint density at radius 2 is 1.61 bits per heavy atom. The third-order valence-corrected chi connectivity index (χ3v) is 11.7. The summed E-state index contributed by atoms with van der Waals surface area (Å²) in [5, 5.41) is 10.4. The van der Waals surface area contributed by atoms with E-state index in [1.165, 1.54) is 16.7 Å². The second kappa shape index (κ2) is 17.4. The lowest BCUT2D eigenvalue weighted by Crippen LogP contribution is -2.59. The molecule has 49 heavy (non-hydrogen) atoms. The first-order valence-corrected chi connectivity index (χ1v) is 18.5. The summed E-state index contributed by atoms with van der Waals surface area (Å²) in [6.07, 6.45) is 1.98. The molecule has 2 saturated heterocycles. The van der Waals surface area contributed by atoms with Crippen LogP contribution in [-0.2, 0) is 33.6 Å². The summed E-state index contributed by atoms with van der Waals surface area (Å²) in [5.41, 5.74) is -0.0852. The van der Waals surface area contributed by atoms with Gasteiger partial charge in [0.05, 0.1) is 16.7 Å². The molecule has 3 rings (SSSR count). The predicted octanol–water partition coefficient (Wildman–Crippen LogP) is 1.62. The SMILES string of the molecule is CCCC(NC(=O)[C@@H]1CC2(CN1C(=O)C(NC(C)=O)C(C)(C)C)SCCCS2)C(=O)C(=O)NCC(=O)NC(C(=O)N(C)C)c1ccccc1. The van der Waals surface area contributed by atoms with Gasteiger partial charge in [-0.25, -0.2) is 0 Å². The molecule has 3 unspecified atom stereocenters. The average Bonchev–Trinajstić information content (AvgIpc) is 3.42. The first-order valence-electron chi connectivity index (χ1n) is 16.5. The van der Waals surface area contributed by atoms with Crippen molar-refractivity contribution in [3.63, 3.8) is 0 Å². The highest BCUT2D eigenvalue weighted by Gasteiger charge is 2.52. The normalized spacial score (nSPS) is 18.8. The van der Waals surface area contributed by atoms with E-state index in [1.54, 1.807) is 74.9 Å². The van der Waals surface area contributed by atoms with Gasteiger partial charge >= 0.3 is 0 Å². The van der Waals surface area contributed by atoms with E-state index in [0.717, 1.165) is 17.9 Å². The van der Waals surface area contributed by atoms with Gasteiger partial charge in [-0.1, -0.05) is 64.4 Å². The highest BCUT2D eigenvalue weighted by atomic mass is 32.2. The van der Waals surface area contributed by atoms with Crippen molar-refractivity contribution in [1.29, 1.82) is 0 Å². The molecule has 6 amide bonds. The third kappa shape index (κ3) is 10.7. The molecular formula is C34H50N6O7S2. The summed E-state index contributed by atoms with van der Waals surface area (Å²) >= 11 is 3.43. The van der Waals surface area contributed by atoms with Gasteiger partial charge in [0, 0.05) is 34.0 Å². The number of hydrogen-bond acceptors (Lipinski definition) is 9. The van der Waals surface area contributed by atoms with E-state index in [4.69, 9.17) is 0 Å². The Bertz CT molecular complexity index is 1390. The van der Waals surface area contributed by atoms with Crippen LogP contribution in [0.3, 0.4) is 0 Å². The number of carbonyl (C=O) groups is 7. The van der Waals surface area contributed by atoms with Crippen molar-refractivity contribution in [3.8, 4) is 0 Å². The number of likely N-dealkylation sites (N-methyl/N-ethyl adjacent to an activating group) is 1. The van der Waals surface area contributed by atoms with Crippen molar-refractivity contribution in [2.45, 2.75) is 88.5 Å². The summed E-state index contributed by atoms with van der Waals surface area (Å²) < 4.78 is -0.408. The minimum atomic E-state index is -1.19. The summed E-state index contributed by atoms with van der Waals surface area (Å²) in [7, 11) is 3.12. The zero-order valence-corrected chi connectivity index (χ0v) is 31.1. The zero-order valence-electron chi connectivity index (χ0n) is 29.4. The fraction of sp³-hybridized carbons (Fsp3) is 0.618. The summed E-state index contributed by atoms with van der Waals surface area (Å²) in [6.45, 7) is 8.40. The molecule has 0 bridgehead atoms. The van der Waals surface area contributed by atoms with Crippen molar-refractivity contribution in [3.05, 3.63) is 35.9 Å². The number of likely N-dealkylation sites (tertiary alicyclic amines) is 1. The molecule has 2 heterocycles. The van der Waals surface area contributed by atoms with Crippen LogP contribution >= 0.6 is 23.5 Å². The van der Waals surface area contributed by atoms with Crippen LogP contribution in [0.4, 0.5) is 0 Å². The Kier molecular flexibility index (Phi) is 14.1. The van der Waals surface area contributed by atoms with Crippen molar-refractivity contribution >= 4 is 64.8 Å². The lowest BCUT2D eigenvalue weighted by atomic mass is 9.85. The van der Waals surface area contributed by atoms with Gasteiger partial charge < -0.3 is 31.1 Å². The Balaban J connectivity index is 1.74. The Labute approximate surface area is 297 Å². The van der Waals surface area contributed by atoms with Crippen LogP contribution in [0.2, 0.25) is 0 Å². The van der Waals surface area contributed by atoms with Crippen molar-refractivity contribution < 1.29 is 33.6 Å². The molecule has 4 atom stereocenters. The van der Waals surface area contributed by atoms with Crippen LogP contribution in [0.25, 0.3) is 0 Å². The van der Waals surface area contributed by atoms with Crippen molar-refractivity contribution in [2.75, 3.05) is 38.7 Å². The molecule has 2 aliphatic heterocycles. The highest BCUT2D eigenvalue weighted by Crippen LogP contribution is 2.50. The summed E-state index contributed by atoms with van der Waals surface area (Å²) in [4.78, 5) is 94.9. The van der Waals surface area contributed by atoms with E-state index < -0.39 is 63.7 Å². The number of hydrogen-bond donors (Lipinski definition) is 4. The monoisotopic (exact) mass is 718 g/mol. The van der Waals surface area contributed by atoms with Gasteiger partial charge in [-0.2, -0.15) is 0 Å². The molecular weight excluding hydrogens is 669 g/mol. The van der Waals surface area contributed by atoms with Crippen LogP contribution in [0.1, 0.15) is 71.9 Å². The number of Topliss-reactive ketones (excluding diaryl/α,β-unsaturated/α-hetero) is 1. The van der Waals surface area contributed by atoms with Crippen LogP contribution in [0, 0.1) is 5.41 Å². The van der Waals surface area contributed by atoms with Gasteiger partial charge in [0.15, 0.2) is 0 Å². The number of nitrogens with one attached hydrogen (secondary N) is 4. The lowest BCUT2D eigenvalue weighted by Gasteiger charge is -2.36. The number of benzene rings is 1. The summed E-state index contributed by atoms with van der Waals surface area (Å²) in [5.74, 6) is -2.56. The Morgan fingerprint density at radius 1 is 0.980 bits per heavy atom. The number of carbonyl (C=O) groups excluding carboxylic acids is 7. The maximum atomic E-state index is 14.0. The molecule has 1 spiro atoms. The number of ketones is 1. The molecule has 2 fully saturated rings. The van der Waals surface area contributed by atoms with E-state index in [9.17, 15) is 33.6 Å².